The molecule has 1 aliphatic carbocycles. The maximum atomic E-state index is 4.72. The molecule has 1 saturated heterocycles. The average molecular weight is 348 g/mol. The van der Waals surface area contributed by atoms with E-state index in [9.17, 15) is 0 Å². The van der Waals surface area contributed by atoms with Crippen LogP contribution in [0.5, 0.6) is 0 Å². The van der Waals surface area contributed by atoms with E-state index in [0.717, 1.165) is 36.9 Å². The number of para-hydroxylation sites is 1. The van der Waals surface area contributed by atoms with Crippen LogP contribution >= 0.6 is 0 Å². The van der Waals surface area contributed by atoms with Crippen LogP contribution in [0.3, 0.4) is 0 Å². The maximum Gasteiger partial charge on any atom is 0.178 e. The van der Waals surface area contributed by atoms with Crippen LogP contribution in [0.15, 0.2) is 36.4 Å². The molecule has 2 aliphatic rings. The SMILES string of the molecule is c1ccc(N2CCCCC2)c(CNc2ccc3nnc(C4CC4)n3n2)c1. The Labute approximate surface area is 153 Å². The number of anilines is 2. The van der Waals surface area contributed by atoms with Gasteiger partial charge in [0.15, 0.2) is 11.5 Å². The minimum absolute atomic E-state index is 0.535. The molecule has 3 heterocycles. The van der Waals surface area contributed by atoms with E-state index in [1.54, 1.807) is 0 Å². The van der Waals surface area contributed by atoms with E-state index < -0.39 is 0 Å². The average Bonchev–Trinajstić information content (AvgIpc) is 3.46. The minimum Gasteiger partial charge on any atom is -0.371 e. The summed E-state index contributed by atoms with van der Waals surface area (Å²) in [5, 5.41) is 16.8. The van der Waals surface area contributed by atoms with Crippen LogP contribution < -0.4 is 10.2 Å². The lowest BCUT2D eigenvalue weighted by molar-refractivity contribution is 0.576. The lowest BCUT2D eigenvalue weighted by Gasteiger charge is -2.30. The van der Waals surface area contributed by atoms with E-state index in [1.807, 2.05) is 16.6 Å². The van der Waals surface area contributed by atoms with Crippen LogP contribution in [0.1, 0.15) is 49.4 Å². The molecular weight excluding hydrogens is 324 g/mol. The Morgan fingerprint density at radius 2 is 1.81 bits per heavy atom. The number of hydrogen-bond donors (Lipinski definition) is 1. The number of fused-ring (bicyclic) bond motifs is 1. The first kappa shape index (κ1) is 15.6. The summed E-state index contributed by atoms with van der Waals surface area (Å²) in [6.07, 6.45) is 6.32. The van der Waals surface area contributed by atoms with Crippen LogP contribution in [0.25, 0.3) is 5.65 Å². The molecule has 0 spiro atoms. The minimum atomic E-state index is 0.535. The number of hydrogen-bond acceptors (Lipinski definition) is 5. The smallest absolute Gasteiger partial charge is 0.178 e. The fraction of sp³-hybridized carbons (Fsp3) is 0.450. The monoisotopic (exact) mass is 348 g/mol. The number of nitrogens with one attached hydrogen (secondary N) is 1. The van der Waals surface area contributed by atoms with Crippen molar-refractivity contribution >= 4 is 17.2 Å². The first-order valence-electron chi connectivity index (χ1n) is 9.67. The molecule has 3 aromatic rings. The topological polar surface area (TPSA) is 58.3 Å². The summed E-state index contributed by atoms with van der Waals surface area (Å²) in [5.74, 6) is 2.40. The van der Waals surface area contributed by atoms with E-state index in [1.165, 1.54) is 43.4 Å². The predicted molar refractivity (Wildman–Crippen MR) is 103 cm³/mol. The van der Waals surface area contributed by atoms with Gasteiger partial charge in [-0.25, -0.2) is 0 Å². The predicted octanol–water partition coefficient (Wildman–Crippen LogP) is 3.60. The van der Waals surface area contributed by atoms with Crippen molar-refractivity contribution in [3.8, 4) is 0 Å². The molecular formula is C20H24N6. The molecule has 6 nitrogen and oxygen atoms in total. The van der Waals surface area contributed by atoms with Gasteiger partial charge in [0, 0.05) is 31.2 Å². The number of piperidine rings is 1. The second-order valence-corrected chi connectivity index (χ2v) is 7.35. The fourth-order valence-electron chi connectivity index (χ4n) is 3.79. The van der Waals surface area contributed by atoms with Gasteiger partial charge in [0.25, 0.3) is 0 Å². The van der Waals surface area contributed by atoms with Gasteiger partial charge in [0.05, 0.1) is 0 Å². The third-order valence-corrected chi connectivity index (χ3v) is 5.38. The normalized spacial score (nSPS) is 17.6. The number of nitrogens with zero attached hydrogens (tertiary/aromatic N) is 5. The van der Waals surface area contributed by atoms with Gasteiger partial charge < -0.3 is 10.2 Å². The molecule has 26 heavy (non-hydrogen) atoms. The molecule has 134 valence electrons. The Bertz CT molecular complexity index is 908. The molecule has 1 N–H and O–H groups in total. The lowest BCUT2D eigenvalue weighted by atomic mass is 10.1. The van der Waals surface area contributed by atoms with Crippen molar-refractivity contribution in [3.63, 3.8) is 0 Å². The molecule has 0 radical (unpaired) electrons. The molecule has 0 bridgehead atoms. The molecule has 2 fully saturated rings. The van der Waals surface area contributed by atoms with Crippen LogP contribution in [0.2, 0.25) is 0 Å². The molecule has 0 atom stereocenters. The molecule has 1 saturated carbocycles. The van der Waals surface area contributed by atoms with Crippen molar-refractivity contribution in [1.29, 1.82) is 0 Å². The number of aromatic nitrogens is 4. The zero-order valence-electron chi connectivity index (χ0n) is 14.9. The van der Waals surface area contributed by atoms with Crippen LogP contribution in [0.4, 0.5) is 11.5 Å². The highest BCUT2D eigenvalue weighted by molar-refractivity contribution is 5.55. The second-order valence-electron chi connectivity index (χ2n) is 7.35. The highest BCUT2D eigenvalue weighted by atomic mass is 15.4. The van der Waals surface area contributed by atoms with Crippen molar-refractivity contribution in [3.05, 3.63) is 47.8 Å². The summed E-state index contributed by atoms with van der Waals surface area (Å²) in [4.78, 5) is 2.52. The first-order chi connectivity index (χ1) is 12.9. The third-order valence-electron chi connectivity index (χ3n) is 5.38. The summed E-state index contributed by atoms with van der Waals surface area (Å²) in [5.41, 5.74) is 3.50. The van der Waals surface area contributed by atoms with Crippen molar-refractivity contribution in [1.82, 2.24) is 19.8 Å². The third kappa shape index (κ3) is 3.00. The highest BCUT2D eigenvalue weighted by Gasteiger charge is 2.29. The largest absolute Gasteiger partial charge is 0.371 e. The van der Waals surface area contributed by atoms with E-state index in [2.05, 4.69) is 44.7 Å². The van der Waals surface area contributed by atoms with E-state index in [4.69, 9.17) is 5.10 Å². The molecule has 1 aliphatic heterocycles. The van der Waals surface area contributed by atoms with Gasteiger partial charge in [-0.3, -0.25) is 0 Å². The van der Waals surface area contributed by atoms with E-state index in [0.29, 0.717) is 5.92 Å². The van der Waals surface area contributed by atoms with Gasteiger partial charge >= 0.3 is 0 Å². The molecule has 1 aromatic carbocycles. The van der Waals surface area contributed by atoms with E-state index >= 15 is 0 Å². The zero-order valence-corrected chi connectivity index (χ0v) is 14.9. The fourth-order valence-corrected chi connectivity index (χ4v) is 3.79. The van der Waals surface area contributed by atoms with Crippen molar-refractivity contribution in [2.45, 2.75) is 44.6 Å². The number of rotatable bonds is 5. The van der Waals surface area contributed by atoms with Gasteiger partial charge in [0.2, 0.25) is 0 Å². The molecule has 0 unspecified atom stereocenters. The number of benzene rings is 1. The zero-order chi connectivity index (χ0) is 17.3. The standard InChI is InChI=1S/C20H24N6/c1-4-12-25(13-5-1)17-7-3-2-6-16(17)14-21-18-10-11-19-22-23-20(15-8-9-15)26(19)24-18/h2-3,6-7,10-11,15H,1,4-5,8-9,12-14H2,(H,21,24). The Balaban J connectivity index is 1.36. The lowest BCUT2D eigenvalue weighted by Crippen LogP contribution is -2.30. The first-order valence-corrected chi connectivity index (χ1v) is 9.67. The van der Waals surface area contributed by atoms with Gasteiger partial charge in [-0.1, -0.05) is 18.2 Å². The summed E-state index contributed by atoms with van der Waals surface area (Å²) < 4.78 is 1.90. The second kappa shape index (κ2) is 6.59. The van der Waals surface area contributed by atoms with Crippen molar-refractivity contribution in [2.24, 2.45) is 0 Å². The van der Waals surface area contributed by atoms with Crippen LogP contribution in [-0.2, 0) is 6.54 Å². The van der Waals surface area contributed by atoms with Crippen LogP contribution in [0, 0.1) is 0 Å². The Morgan fingerprint density at radius 3 is 2.65 bits per heavy atom. The molecule has 0 amide bonds. The van der Waals surface area contributed by atoms with Gasteiger partial charge in [-0.15, -0.1) is 15.3 Å². The molecule has 5 rings (SSSR count). The van der Waals surface area contributed by atoms with Crippen LogP contribution in [-0.4, -0.2) is 32.9 Å². The van der Waals surface area contributed by atoms with Crippen molar-refractivity contribution < 1.29 is 0 Å². The molecule has 6 heteroatoms. The summed E-state index contributed by atoms with van der Waals surface area (Å²) >= 11 is 0. The maximum absolute atomic E-state index is 4.72. The van der Waals surface area contributed by atoms with Gasteiger partial charge in [-0.2, -0.15) is 4.52 Å². The Hall–Kier alpha value is -2.63. The quantitative estimate of drug-likeness (QED) is 0.763. The highest BCUT2D eigenvalue weighted by Crippen LogP contribution is 2.38. The summed E-state index contributed by atoms with van der Waals surface area (Å²) in [6.45, 7) is 3.09. The Morgan fingerprint density at radius 1 is 0.962 bits per heavy atom. The van der Waals surface area contributed by atoms with Crippen molar-refractivity contribution in [2.75, 3.05) is 23.3 Å². The van der Waals surface area contributed by atoms with Gasteiger partial charge in [-0.05, 0) is 55.9 Å². The summed E-state index contributed by atoms with van der Waals surface area (Å²) in [6, 6.07) is 12.7. The van der Waals surface area contributed by atoms with E-state index in [-0.39, 0.29) is 0 Å². The van der Waals surface area contributed by atoms with Gasteiger partial charge in [0.1, 0.15) is 5.82 Å². The summed E-state index contributed by atoms with van der Waals surface area (Å²) in [7, 11) is 0. The molecule has 2 aromatic heterocycles. The Kier molecular flexibility index (Phi) is 3.96.